The van der Waals surface area contributed by atoms with E-state index in [0.29, 0.717) is 0 Å². The first-order chi connectivity index (χ1) is 44.5. The van der Waals surface area contributed by atoms with Crippen molar-refractivity contribution in [1.82, 2.24) is 19.1 Å². The molecule has 95 heavy (non-hydrogen) atoms. The first kappa shape index (κ1) is 79.7. The lowest BCUT2D eigenvalue weighted by Crippen LogP contribution is -2.62. The molecule has 530 valence electrons. The van der Waals surface area contributed by atoms with Crippen LogP contribution in [0.15, 0.2) is 104 Å². The molecule has 2 aromatic heterocycles. The van der Waals surface area contributed by atoms with Crippen molar-refractivity contribution in [1.29, 1.82) is 0 Å². The van der Waals surface area contributed by atoms with Crippen LogP contribution in [0.1, 0.15) is 77.6 Å². The van der Waals surface area contributed by atoms with Crippen LogP contribution in [-0.2, 0) is 93.1 Å². The second-order valence-electron chi connectivity index (χ2n) is 25.4. The third-order valence-electron chi connectivity index (χ3n) is 14.3. The number of aliphatic hydroxyl groups excluding tert-OH is 2. The van der Waals surface area contributed by atoms with Crippen molar-refractivity contribution in [2.75, 3.05) is 66.1 Å². The Balaban J connectivity index is 0.000000367. The van der Waals surface area contributed by atoms with Gasteiger partial charge in [0.15, 0.2) is 37.4 Å². The highest BCUT2D eigenvalue weighted by molar-refractivity contribution is 6.86. The van der Waals surface area contributed by atoms with E-state index in [-0.39, 0.29) is 64.5 Å². The van der Waals surface area contributed by atoms with Gasteiger partial charge in [0.25, 0.3) is 24.1 Å². The van der Waals surface area contributed by atoms with Gasteiger partial charge in [-0.1, -0.05) is 81.4 Å². The van der Waals surface area contributed by atoms with Crippen LogP contribution in [-0.4, -0.2) is 203 Å². The molecule has 0 bridgehead atoms. The van der Waals surface area contributed by atoms with E-state index in [1.54, 1.807) is 0 Å². The quantitative estimate of drug-likeness (QED) is 0.0164. The van der Waals surface area contributed by atoms with Crippen LogP contribution in [0.4, 0.5) is 0 Å². The van der Waals surface area contributed by atoms with Gasteiger partial charge in [-0.3, -0.25) is 47.9 Å². The van der Waals surface area contributed by atoms with Gasteiger partial charge in [-0.25, -0.2) is 9.59 Å². The van der Waals surface area contributed by atoms with Crippen LogP contribution < -0.4 is 22.5 Å². The van der Waals surface area contributed by atoms with Gasteiger partial charge in [-0.15, -0.1) is 0 Å². The van der Waals surface area contributed by atoms with Gasteiger partial charge in [0.05, 0.1) is 45.2 Å². The van der Waals surface area contributed by atoms with E-state index in [1.807, 2.05) is 94.5 Å². The minimum Gasteiger partial charge on any atom is -0.463 e. The first-order valence-electron chi connectivity index (χ1n) is 30.9. The predicted octanol–water partition coefficient (Wildman–Crippen LogP) is 4.30. The van der Waals surface area contributed by atoms with E-state index in [2.05, 4.69) is 49.3 Å². The average Bonchev–Trinajstić information content (AvgIpc) is 1.73. The number of esters is 4. The monoisotopic (exact) mass is 1410 g/mol. The second-order valence-corrected chi connectivity index (χ2v) is 42.3. The highest BCUT2D eigenvalue weighted by atomic mass is 28.5. The molecule has 2 aromatic carbocycles. The molecule has 2 saturated heterocycles. The third kappa shape index (κ3) is 25.4. The molecule has 2 aliphatic heterocycles. The zero-order valence-electron chi connectivity index (χ0n) is 56.6. The van der Waals surface area contributed by atoms with Crippen molar-refractivity contribution >= 4 is 57.6 Å². The summed E-state index contributed by atoms with van der Waals surface area (Å²) >= 11 is 0. The standard InChI is InChI=1S/C37H54N2O14Si3.C24H40N2O12Si/c1-26(40)45-21-23-47-37(48-24-22-46-27(2)41)51-33-32(43)30(50-35(33)39-20-19-31(42)38-36(39)44)25-49-56(52-54(3,4)5,53-55(6,7)8)34(28-15-11-9-12-16-28)29-17-13-10-14-18-29;1-15(28)32-10-12-34-23(35-13-11-33-16(2)29)37-20-19(38-39(6,7)24(3,4)5)17(14-27)36-21(20)26-9-8-18(30)25-22(26)31/h9-20,30,32-35,37,43H,21-25H2,1-8H3,(H,38,42,44);8-9,17,19-21,23,27H,10-14H2,1-7H3,(H,25,30,31)/t30-,32+,33?,35-;17-,19+,20?,21-/m11/s1. The van der Waals surface area contributed by atoms with Crippen LogP contribution in [0.25, 0.3) is 0 Å². The molecule has 4 aromatic rings. The van der Waals surface area contributed by atoms with Crippen molar-refractivity contribution < 1.29 is 103 Å². The summed E-state index contributed by atoms with van der Waals surface area (Å²) in [4.78, 5) is 98.8. The lowest BCUT2D eigenvalue weighted by molar-refractivity contribution is -0.321. The summed E-state index contributed by atoms with van der Waals surface area (Å²) in [6, 6.07) is 22.0. The smallest absolute Gasteiger partial charge is 0.463 e. The van der Waals surface area contributed by atoms with Gasteiger partial charge >= 0.3 is 44.1 Å². The maximum absolute atomic E-state index is 13.1. The van der Waals surface area contributed by atoms with Crippen molar-refractivity contribution in [2.45, 2.75) is 173 Å². The fourth-order valence-corrected chi connectivity index (χ4v) is 21.3. The third-order valence-corrected chi connectivity index (χ3v) is 27.9. The number of aromatic nitrogens is 4. The van der Waals surface area contributed by atoms with Gasteiger partial charge in [-0.05, 0) is 68.5 Å². The minimum atomic E-state index is -3.87. The molecule has 2 unspecified atom stereocenters. The molecule has 0 spiro atoms. The van der Waals surface area contributed by atoms with Crippen LogP contribution in [0.3, 0.4) is 0 Å². The average molecular weight is 1410 g/mol. The molecule has 0 radical (unpaired) electrons. The summed E-state index contributed by atoms with van der Waals surface area (Å²) < 4.78 is 97.2. The maximum Gasteiger partial charge on any atom is 0.492 e. The van der Waals surface area contributed by atoms with E-state index in [0.717, 1.165) is 32.4 Å². The predicted molar refractivity (Wildman–Crippen MR) is 349 cm³/mol. The van der Waals surface area contributed by atoms with Gasteiger partial charge in [0, 0.05) is 52.2 Å². The first-order valence-corrected chi connectivity index (χ1v) is 42.4. The number of hydrogen-bond acceptors (Lipinski definition) is 26. The zero-order chi connectivity index (χ0) is 70.5. The Hall–Kier alpha value is -6.01. The lowest BCUT2D eigenvalue weighted by Gasteiger charge is -2.44. The molecule has 30 nitrogen and oxygen atoms in total. The number of carbonyl (C=O) groups is 4. The molecule has 4 heterocycles. The van der Waals surface area contributed by atoms with Crippen LogP contribution in [0.2, 0.25) is 57.4 Å². The fourth-order valence-electron chi connectivity index (χ4n) is 9.42. The SMILES string of the molecule is CC(=O)OCCOC(OCCOC(C)=O)OC1[C@@H](O)[C@@H](CO[Si](O[Si](C)(C)C)(O[Si](C)(C)C)C(c2ccccc2)c2ccccc2)O[C@H]1n1ccc(=O)[nH]c1=O.CC(=O)OCCOC(OCCOC(C)=O)OC1[C@@H](O[Si](C)(C)C(C)(C)C)[C@@H](CO)O[C@H]1n1ccc(=O)[nH]c1=O. The molecule has 2 aliphatic rings. The van der Waals surface area contributed by atoms with E-state index >= 15 is 0 Å². The van der Waals surface area contributed by atoms with E-state index < -0.39 is 154 Å². The van der Waals surface area contributed by atoms with Crippen LogP contribution in [0.5, 0.6) is 0 Å². The van der Waals surface area contributed by atoms with E-state index in [4.69, 9.17) is 73.9 Å². The number of aliphatic hydroxyl groups is 2. The number of nitrogens with zero attached hydrogens (tertiary/aromatic N) is 2. The minimum absolute atomic E-state index is 0.0877. The molecule has 6 rings (SSSR count). The highest BCUT2D eigenvalue weighted by Crippen LogP contribution is 2.44. The molecule has 0 saturated carbocycles. The summed E-state index contributed by atoms with van der Waals surface area (Å²) in [6.45, 7) is 22.9. The number of H-pyrrole nitrogens is 2. The van der Waals surface area contributed by atoms with Crippen molar-refractivity contribution in [3.8, 4) is 0 Å². The molecule has 2 fully saturated rings. The maximum atomic E-state index is 13.1. The molecule has 4 N–H and O–H groups in total. The summed E-state index contributed by atoms with van der Waals surface area (Å²) in [7, 11) is -11.2. The Morgan fingerprint density at radius 1 is 0.537 bits per heavy atom. The topological polar surface area (TPSA) is 366 Å². The van der Waals surface area contributed by atoms with Gasteiger partial charge in [0.2, 0.25) is 0 Å². The highest BCUT2D eigenvalue weighted by Gasteiger charge is 2.58. The van der Waals surface area contributed by atoms with Gasteiger partial charge in [0.1, 0.15) is 63.1 Å². The van der Waals surface area contributed by atoms with Crippen molar-refractivity contribution in [3.63, 3.8) is 0 Å². The Morgan fingerprint density at radius 2 is 0.905 bits per heavy atom. The van der Waals surface area contributed by atoms with Gasteiger partial charge < -0.3 is 84.1 Å². The normalized spacial score (nSPS) is 20.2. The zero-order valence-corrected chi connectivity index (χ0v) is 60.6. The number of carbonyl (C=O) groups excluding carboxylic acids is 4. The van der Waals surface area contributed by atoms with Gasteiger partial charge in [-0.2, -0.15) is 0 Å². The Morgan fingerprint density at radius 3 is 1.25 bits per heavy atom. The Bertz CT molecular complexity index is 3200. The Kier molecular flexibility index (Phi) is 30.6. The number of nitrogens with one attached hydrogen (secondary N) is 2. The molecule has 8 atom stereocenters. The molecule has 0 aliphatic carbocycles. The number of ether oxygens (including phenoxy) is 12. The molecular formula is C61H94N4O26Si4. The molecule has 34 heteroatoms. The molecule has 0 amide bonds. The van der Waals surface area contributed by atoms with Crippen molar-refractivity contribution in [3.05, 3.63) is 138 Å². The summed E-state index contributed by atoms with van der Waals surface area (Å²) in [5, 5.41) is 21.9. The van der Waals surface area contributed by atoms with E-state index in [1.165, 1.54) is 40.1 Å². The number of benzene rings is 2. The number of aromatic amines is 2. The number of rotatable bonds is 35. The van der Waals surface area contributed by atoms with E-state index in [9.17, 15) is 48.6 Å². The summed E-state index contributed by atoms with van der Waals surface area (Å²) in [5.41, 5.74) is -1.44. The van der Waals surface area contributed by atoms with Crippen LogP contribution >= 0.6 is 0 Å². The largest absolute Gasteiger partial charge is 0.492 e. The second kappa shape index (κ2) is 36.5. The Labute approximate surface area is 555 Å². The lowest BCUT2D eigenvalue weighted by atomic mass is 10.0. The molecular weight excluding hydrogens is 1320 g/mol. The van der Waals surface area contributed by atoms with Crippen molar-refractivity contribution in [2.24, 2.45) is 0 Å². The summed E-state index contributed by atoms with van der Waals surface area (Å²) in [5.74, 6) is -2.05. The number of hydrogen-bond donors (Lipinski definition) is 4. The summed E-state index contributed by atoms with van der Waals surface area (Å²) in [6.07, 6.45) is -6.79. The fraction of sp³-hybridized carbons (Fsp3) is 0.607. The van der Waals surface area contributed by atoms with Crippen LogP contribution in [0, 0.1) is 0 Å².